The van der Waals surface area contributed by atoms with E-state index in [1.807, 2.05) is 12.2 Å². The lowest BCUT2D eigenvalue weighted by atomic mass is 9.90. The van der Waals surface area contributed by atoms with Gasteiger partial charge in [0.05, 0.1) is 20.0 Å². The second kappa shape index (κ2) is 5.70. The molecule has 2 N–H and O–H groups in total. The number of nitrogens with two attached hydrogens (primary N) is 1. The number of hydrogen-bond donors (Lipinski definition) is 1. The smallest absolute Gasteiger partial charge is 0.322 e. The summed E-state index contributed by atoms with van der Waals surface area (Å²) in [6, 6.07) is -0.569. The van der Waals surface area contributed by atoms with Gasteiger partial charge in [-0.2, -0.15) is 0 Å². The van der Waals surface area contributed by atoms with Crippen LogP contribution in [-0.4, -0.2) is 26.2 Å². The highest BCUT2D eigenvalue weighted by Crippen LogP contribution is 2.27. The molecule has 0 aromatic carbocycles. The molecule has 4 heteroatoms. The molecule has 1 rings (SSSR count). The van der Waals surface area contributed by atoms with Crippen molar-refractivity contribution >= 4 is 5.97 Å². The predicted molar refractivity (Wildman–Crippen MR) is 61.6 cm³/mol. The zero-order valence-electron chi connectivity index (χ0n) is 10.0. The molecule has 0 aliphatic heterocycles. The van der Waals surface area contributed by atoms with Crippen LogP contribution in [-0.2, 0) is 14.3 Å². The largest absolute Gasteiger partial charge is 0.501 e. The van der Waals surface area contributed by atoms with Gasteiger partial charge in [-0.1, -0.05) is 18.6 Å². The van der Waals surface area contributed by atoms with Crippen molar-refractivity contribution in [2.45, 2.75) is 25.8 Å². The third kappa shape index (κ3) is 3.10. The summed E-state index contributed by atoms with van der Waals surface area (Å²) in [6.07, 6.45) is 5.34. The van der Waals surface area contributed by atoms with Crippen molar-refractivity contribution < 1.29 is 14.3 Å². The van der Waals surface area contributed by atoms with E-state index in [0.717, 1.165) is 17.8 Å². The van der Waals surface area contributed by atoms with Crippen LogP contribution in [0, 0.1) is 5.92 Å². The van der Waals surface area contributed by atoms with E-state index in [-0.39, 0.29) is 5.97 Å². The summed E-state index contributed by atoms with van der Waals surface area (Å²) in [5.41, 5.74) is 6.86. The predicted octanol–water partition coefficient (Wildman–Crippen LogP) is 1.37. The molecule has 1 aliphatic carbocycles. The van der Waals surface area contributed by atoms with Gasteiger partial charge in [-0.05, 0) is 18.9 Å². The zero-order chi connectivity index (χ0) is 12.1. The molecule has 1 aliphatic rings. The van der Waals surface area contributed by atoms with Crippen LogP contribution >= 0.6 is 0 Å². The van der Waals surface area contributed by atoms with E-state index in [9.17, 15) is 4.79 Å². The molecule has 0 bridgehead atoms. The molecule has 0 fully saturated rings. The van der Waals surface area contributed by atoms with Crippen LogP contribution in [0.2, 0.25) is 0 Å². The Morgan fingerprint density at radius 3 is 2.75 bits per heavy atom. The minimum absolute atomic E-state index is 0.342. The fourth-order valence-corrected chi connectivity index (χ4v) is 1.86. The van der Waals surface area contributed by atoms with Crippen LogP contribution in [0.15, 0.2) is 23.5 Å². The minimum Gasteiger partial charge on any atom is -0.501 e. The molecular formula is C12H19NO3. The first kappa shape index (κ1) is 12.8. The number of ether oxygens (including phenoxy) is 2. The van der Waals surface area contributed by atoms with E-state index in [0.29, 0.717) is 12.3 Å². The van der Waals surface area contributed by atoms with Crippen molar-refractivity contribution in [1.29, 1.82) is 0 Å². The molecule has 0 aromatic heterocycles. The average molecular weight is 225 g/mol. The number of rotatable bonds is 4. The van der Waals surface area contributed by atoms with Gasteiger partial charge >= 0.3 is 5.97 Å². The second-order valence-electron chi connectivity index (χ2n) is 4.04. The molecule has 2 unspecified atom stereocenters. The highest BCUT2D eigenvalue weighted by molar-refractivity contribution is 5.75. The summed E-state index contributed by atoms with van der Waals surface area (Å²) < 4.78 is 9.81. The molecule has 16 heavy (non-hydrogen) atoms. The van der Waals surface area contributed by atoms with Crippen LogP contribution < -0.4 is 5.73 Å². The van der Waals surface area contributed by atoms with Gasteiger partial charge in [0.1, 0.15) is 6.04 Å². The van der Waals surface area contributed by atoms with Gasteiger partial charge in [-0.25, -0.2) is 0 Å². The van der Waals surface area contributed by atoms with Crippen LogP contribution in [0.3, 0.4) is 0 Å². The maximum Gasteiger partial charge on any atom is 0.322 e. The Balaban J connectivity index is 2.60. The van der Waals surface area contributed by atoms with Crippen LogP contribution in [0.25, 0.3) is 0 Å². The summed E-state index contributed by atoms with van der Waals surface area (Å²) in [4.78, 5) is 11.2. The lowest BCUT2D eigenvalue weighted by Gasteiger charge is -2.21. The fraction of sp³-hybridized carbons (Fsp3) is 0.583. The Hall–Kier alpha value is -1.29. The Labute approximate surface area is 96.1 Å². The minimum atomic E-state index is -0.569. The summed E-state index contributed by atoms with van der Waals surface area (Å²) in [7, 11) is 3.02. The molecule has 0 aromatic rings. The van der Waals surface area contributed by atoms with Gasteiger partial charge in [0.15, 0.2) is 0 Å². The second-order valence-corrected chi connectivity index (χ2v) is 4.04. The lowest BCUT2D eigenvalue weighted by molar-refractivity contribution is -0.142. The SMILES string of the molecule is COC(=O)C(N)CC1=CC=C(OC)C(C)C1. The van der Waals surface area contributed by atoms with E-state index in [2.05, 4.69) is 11.7 Å². The molecule has 0 heterocycles. The van der Waals surface area contributed by atoms with Gasteiger partial charge in [-0.15, -0.1) is 0 Å². The first-order valence-corrected chi connectivity index (χ1v) is 5.35. The van der Waals surface area contributed by atoms with Crippen molar-refractivity contribution in [3.8, 4) is 0 Å². The summed E-state index contributed by atoms with van der Waals surface area (Å²) in [5.74, 6) is 0.945. The van der Waals surface area contributed by atoms with Crippen molar-refractivity contribution in [2.24, 2.45) is 11.7 Å². The third-order valence-electron chi connectivity index (χ3n) is 2.76. The summed E-state index contributed by atoms with van der Waals surface area (Å²) in [5, 5.41) is 0. The van der Waals surface area contributed by atoms with Gasteiger partial charge < -0.3 is 15.2 Å². The average Bonchev–Trinajstić information content (AvgIpc) is 2.28. The molecule has 90 valence electrons. The maximum absolute atomic E-state index is 11.2. The van der Waals surface area contributed by atoms with Crippen molar-refractivity contribution in [3.63, 3.8) is 0 Å². The molecule has 0 saturated heterocycles. The number of hydrogen-bond acceptors (Lipinski definition) is 4. The molecule has 0 amide bonds. The Morgan fingerprint density at radius 1 is 1.56 bits per heavy atom. The first-order valence-electron chi connectivity index (χ1n) is 5.35. The van der Waals surface area contributed by atoms with Crippen LogP contribution in [0.1, 0.15) is 19.8 Å². The number of methoxy groups -OCH3 is 2. The molecular weight excluding hydrogens is 206 g/mol. The standard InChI is InChI=1S/C12H19NO3/c1-8-6-9(4-5-11(8)15-2)7-10(13)12(14)16-3/h4-5,8,10H,6-7,13H2,1-3H3. The van der Waals surface area contributed by atoms with Gasteiger partial charge in [-0.3, -0.25) is 4.79 Å². The topological polar surface area (TPSA) is 61.5 Å². The summed E-state index contributed by atoms with van der Waals surface area (Å²) >= 11 is 0. The van der Waals surface area contributed by atoms with E-state index in [4.69, 9.17) is 10.5 Å². The fourth-order valence-electron chi connectivity index (χ4n) is 1.86. The van der Waals surface area contributed by atoms with E-state index in [1.165, 1.54) is 7.11 Å². The maximum atomic E-state index is 11.2. The van der Waals surface area contributed by atoms with Crippen molar-refractivity contribution in [3.05, 3.63) is 23.5 Å². The molecule has 2 atom stereocenters. The molecule has 4 nitrogen and oxygen atoms in total. The Bertz CT molecular complexity index is 320. The Morgan fingerprint density at radius 2 is 2.25 bits per heavy atom. The number of esters is 1. The molecule has 0 radical (unpaired) electrons. The van der Waals surface area contributed by atoms with Crippen LogP contribution in [0.4, 0.5) is 0 Å². The monoisotopic (exact) mass is 225 g/mol. The number of carbonyl (C=O) groups excluding carboxylic acids is 1. The Kier molecular flexibility index (Phi) is 4.55. The van der Waals surface area contributed by atoms with Crippen molar-refractivity contribution in [1.82, 2.24) is 0 Å². The highest BCUT2D eigenvalue weighted by atomic mass is 16.5. The van der Waals surface area contributed by atoms with Crippen LogP contribution in [0.5, 0.6) is 0 Å². The molecule has 0 saturated carbocycles. The normalized spacial score (nSPS) is 21.9. The highest BCUT2D eigenvalue weighted by Gasteiger charge is 2.20. The quantitative estimate of drug-likeness (QED) is 0.734. The van der Waals surface area contributed by atoms with Gasteiger partial charge in [0, 0.05) is 5.92 Å². The van der Waals surface area contributed by atoms with Gasteiger partial charge in [0.2, 0.25) is 0 Å². The number of allylic oxidation sites excluding steroid dienone is 3. The van der Waals surface area contributed by atoms with E-state index >= 15 is 0 Å². The number of carbonyl (C=O) groups is 1. The third-order valence-corrected chi connectivity index (χ3v) is 2.76. The summed E-state index contributed by atoms with van der Waals surface area (Å²) in [6.45, 7) is 2.09. The first-order chi connectivity index (χ1) is 7.58. The molecule has 0 spiro atoms. The van der Waals surface area contributed by atoms with Crippen molar-refractivity contribution in [2.75, 3.05) is 14.2 Å². The zero-order valence-corrected chi connectivity index (χ0v) is 10.0. The van der Waals surface area contributed by atoms with Gasteiger partial charge in [0.25, 0.3) is 0 Å². The van der Waals surface area contributed by atoms with E-state index < -0.39 is 6.04 Å². The van der Waals surface area contributed by atoms with E-state index in [1.54, 1.807) is 7.11 Å². The lowest BCUT2D eigenvalue weighted by Crippen LogP contribution is -2.32.